The molecule has 0 amide bonds. The minimum Gasteiger partial charge on any atom is -0.496 e. The van der Waals surface area contributed by atoms with Crippen molar-refractivity contribution in [3.05, 3.63) is 44.8 Å². The van der Waals surface area contributed by atoms with Crippen molar-refractivity contribution in [3.63, 3.8) is 0 Å². The van der Waals surface area contributed by atoms with E-state index in [1.807, 2.05) is 32.9 Å². The number of aromatic amines is 1. The summed E-state index contributed by atoms with van der Waals surface area (Å²) in [6.07, 6.45) is 0.721. The molecule has 0 aliphatic rings. The van der Waals surface area contributed by atoms with Gasteiger partial charge in [-0.05, 0) is 37.1 Å². The summed E-state index contributed by atoms with van der Waals surface area (Å²) in [5, 5.41) is 0.685. The van der Waals surface area contributed by atoms with Gasteiger partial charge in [-0.3, -0.25) is 4.79 Å². The van der Waals surface area contributed by atoms with E-state index in [4.69, 9.17) is 4.74 Å². The highest BCUT2D eigenvalue weighted by atomic mass is 32.1. The molecule has 114 valence electrons. The Hall–Kier alpha value is -2.14. The SMILES string of the molecule is CCc1nc2sc(C)c(-c3ccc(OC)c(C)c3)c2c(=O)[nH]1. The lowest BCUT2D eigenvalue weighted by atomic mass is 10.0. The topological polar surface area (TPSA) is 55.0 Å². The van der Waals surface area contributed by atoms with Gasteiger partial charge in [0.25, 0.3) is 5.56 Å². The first-order valence-corrected chi connectivity index (χ1v) is 8.04. The number of rotatable bonds is 3. The molecule has 0 aliphatic carbocycles. The zero-order valence-corrected chi connectivity index (χ0v) is 13.9. The Balaban J connectivity index is 2.29. The number of thiophene rings is 1. The molecule has 0 saturated carbocycles. The van der Waals surface area contributed by atoms with Crippen LogP contribution in [-0.2, 0) is 6.42 Å². The second-order valence-corrected chi connectivity index (χ2v) is 6.47. The summed E-state index contributed by atoms with van der Waals surface area (Å²) < 4.78 is 5.31. The zero-order valence-electron chi connectivity index (χ0n) is 13.1. The van der Waals surface area contributed by atoms with Gasteiger partial charge in [-0.2, -0.15) is 0 Å². The Morgan fingerprint density at radius 2 is 2.09 bits per heavy atom. The molecule has 0 atom stereocenters. The van der Waals surface area contributed by atoms with Gasteiger partial charge in [0.2, 0.25) is 0 Å². The number of ether oxygens (including phenoxy) is 1. The van der Waals surface area contributed by atoms with Crippen LogP contribution in [0.3, 0.4) is 0 Å². The Bertz CT molecular complexity index is 909. The standard InChI is InChI=1S/C17H18N2O2S/c1-5-13-18-16(20)15-14(10(3)22-17(15)19-13)11-6-7-12(21-4)9(2)8-11/h6-8H,5H2,1-4H3,(H,18,19,20). The van der Waals surface area contributed by atoms with E-state index in [1.54, 1.807) is 18.4 Å². The molecule has 3 rings (SSSR count). The third-order valence-corrected chi connectivity index (χ3v) is 4.80. The van der Waals surface area contributed by atoms with E-state index < -0.39 is 0 Å². The van der Waals surface area contributed by atoms with Crippen molar-refractivity contribution >= 4 is 21.6 Å². The minimum absolute atomic E-state index is 0.0605. The van der Waals surface area contributed by atoms with Crippen molar-refractivity contribution in [1.82, 2.24) is 9.97 Å². The van der Waals surface area contributed by atoms with Crippen molar-refractivity contribution in [3.8, 4) is 16.9 Å². The van der Waals surface area contributed by atoms with Gasteiger partial charge in [-0.25, -0.2) is 4.98 Å². The first-order valence-electron chi connectivity index (χ1n) is 7.22. The average molecular weight is 314 g/mol. The van der Waals surface area contributed by atoms with Crippen LogP contribution in [0.1, 0.15) is 23.2 Å². The monoisotopic (exact) mass is 314 g/mol. The molecule has 3 aromatic rings. The van der Waals surface area contributed by atoms with Crippen LogP contribution in [0.4, 0.5) is 0 Å². The number of fused-ring (bicyclic) bond motifs is 1. The summed E-state index contributed by atoms with van der Waals surface area (Å²) in [6, 6.07) is 5.99. The second-order valence-electron chi connectivity index (χ2n) is 5.26. The Morgan fingerprint density at radius 1 is 1.32 bits per heavy atom. The van der Waals surface area contributed by atoms with Crippen LogP contribution in [0.5, 0.6) is 5.75 Å². The summed E-state index contributed by atoms with van der Waals surface area (Å²) in [5.74, 6) is 1.58. The van der Waals surface area contributed by atoms with Crippen molar-refractivity contribution in [2.45, 2.75) is 27.2 Å². The van der Waals surface area contributed by atoms with Crippen LogP contribution in [0.15, 0.2) is 23.0 Å². The first-order chi connectivity index (χ1) is 10.5. The number of aromatic nitrogens is 2. The third kappa shape index (κ3) is 2.31. The summed E-state index contributed by atoms with van der Waals surface area (Å²) >= 11 is 1.57. The van der Waals surface area contributed by atoms with Crippen molar-refractivity contribution in [1.29, 1.82) is 0 Å². The molecule has 4 nitrogen and oxygen atoms in total. The molecule has 0 spiro atoms. The zero-order chi connectivity index (χ0) is 15.9. The quantitative estimate of drug-likeness (QED) is 0.799. The fourth-order valence-corrected chi connectivity index (χ4v) is 3.78. The molecule has 0 radical (unpaired) electrons. The molecule has 0 fully saturated rings. The molecule has 2 aromatic heterocycles. The van der Waals surface area contributed by atoms with Gasteiger partial charge in [-0.1, -0.05) is 13.0 Å². The highest BCUT2D eigenvalue weighted by molar-refractivity contribution is 7.19. The molecule has 0 saturated heterocycles. The minimum atomic E-state index is -0.0605. The molecular weight excluding hydrogens is 296 g/mol. The predicted octanol–water partition coefficient (Wildman–Crippen LogP) is 3.84. The molecule has 0 unspecified atom stereocenters. The van der Waals surface area contributed by atoms with E-state index in [2.05, 4.69) is 16.0 Å². The molecule has 0 aliphatic heterocycles. The van der Waals surface area contributed by atoms with Crippen molar-refractivity contribution in [2.24, 2.45) is 0 Å². The maximum atomic E-state index is 12.5. The Labute approximate surface area is 132 Å². The third-order valence-electron chi connectivity index (χ3n) is 3.81. The Morgan fingerprint density at radius 3 is 2.73 bits per heavy atom. The van der Waals surface area contributed by atoms with Gasteiger partial charge >= 0.3 is 0 Å². The molecule has 2 heterocycles. The number of aryl methyl sites for hydroxylation is 3. The van der Waals surface area contributed by atoms with Gasteiger partial charge in [0, 0.05) is 16.9 Å². The predicted molar refractivity (Wildman–Crippen MR) is 91.1 cm³/mol. The fourth-order valence-electron chi connectivity index (χ4n) is 2.71. The van der Waals surface area contributed by atoms with Gasteiger partial charge in [-0.15, -0.1) is 11.3 Å². The number of methoxy groups -OCH3 is 1. The van der Waals surface area contributed by atoms with Crippen LogP contribution in [0.2, 0.25) is 0 Å². The number of nitrogens with zero attached hydrogens (tertiary/aromatic N) is 1. The first kappa shape index (κ1) is 14.8. The van der Waals surface area contributed by atoms with E-state index in [1.165, 1.54) is 0 Å². The van der Waals surface area contributed by atoms with Gasteiger partial charge < -0.3 is 9.72 Å². The summed E-state index contributed by atoms with van der Waals surface area (Å²) in [4.78, 5) is 21.8. The van der Waals surface area contributed by atoms with E-state index in [0.717, 1.165) is 44.4 Å². The Kier molecular flexibility index (Phi) is 3.74. The lowest BCUT2D eigenvalue weighted by Crippen LogP contribution is -2.10. The lowest BCUT2D eigenvalue weighted by Gasteiger charge is -2.08. The van der Waals surface area contributed by atoms with E-state index in [-0.39, 0.29) is 5.56 Å². The molecule has 22 heavy (non-hydrogen) atoms. The van der Waals surface area contributed by atoms with E-state index >= 15 is 0 Å². The number of nitrogens with one attached hydrogen (secondary N) is 1. The summed E-state index contributed by atoms with van der Waals surface area (Å²) in [7, 11) is 1.66. The van der Waals surface area contributed by atoms with Gasteiger partial charge in [0.05, 0.1) is 12.5 Å². The maximum absolute atomic E-state index is 12.5. The van der Waals surface area contributed by atoms with Crippen LogP contribution >= 0.6 is 11.3 Å². The second kappa shape index (κ2) is 5.57. The summed E-state index contributed by atoms with van der Waals surface area (Å²) in [6.45, 7) is 6.02. The van der Waals surface area contributed by atoms with Crippen LogP contribution in [-0.4, -0.2) is 17.1 Å². The highest BCUT2D eigenvalue weighted by Crippen LogP contribution is 2.37. The normalized spacial score (nSPS) is 11.1. The number of H-pyrrole nitrogens is 1. The number of benzene rings is 1. The van der Waals surface area contributed by atoms with Gasteiger partial charge in [0.15, 0.2) is 0 Å². The number of hydrogen-bond acceptors (Lipinski definition) is 4. The van der Waals surface area contributed by atoms with Crippen molar-refractivity contribution in [2.75, 3.05) is 7.11 Å². The molecule has 1 N–H and O–H groups in total. The van der Waals surface area contributed by atoms with Crippen LogP contribution in [0, 0.1) is 13.8 Å². The van der Waals surface area contributed by atoms with Crippen LogP contribution < -0.4 is 10.3 Å². The summed E-state index contributed by atoms with van der Waals surface area (Å²) in [5.41, 5.74) is 2.99. The lowest BCUT2D eigenvalue weighted by molar-refractivity contribution is 0.412. The van der Waals surface area contributed by atoms with Crippen molar-refractivity contribution < 1.29 is 4.74 Å². The number of hydrogen-bond donors (Lipinski definition) is 1. The molecule has 5 heteroatoms. The molecular formula is C17H18N2O2S. The average Bonchev–Trinajstić information content (AvgIpc) is 2.83. The van der Waals surface area contributed by atoms with Crippen LogP contribution in [0.25, 0.3) is 21.3 Å². The molecule has 1 aromatic carbocycles. The smallest absolute Gasteiger partial charge is 0.260 e. The van der Waals surface area contributed by atoms with E-state index in [9.17, 15) is 4.79 Å². The maximum Gasteiger partial charge on any atom is 0.260 e. The van der Waals surface area contributed by atoms with Gasteiger partial charge in [0.1, 0.15) is 16.4 Å². The van der Waals surface area contributed by atoms with E-state index in [0.29, 0.717) is 5.39 Å². The largest absolute Gasteiger partial charge is 0.496 e. The highest BCUT2D eigenvalue weighted by Gasteiger charge is 2.17. The fraction of sp³-hybridized carbons (Fsp3) is 0.294. The molecule has 0 bridgehead atoms.